The van der Waals surface area contributed by atoms with Crippen LogP contribution in [-0.4, -0.2) is 24.0 Å². The molecule has 0 radical (unpaired) electrons. The number of thioether (sulfide) groups is 1. The topological polar surface area (TPSA) is 32.3 Å². The van der Waals surface area contributed by atoms with Crippen LogP contribution in [0.3, 0.4) is 0 Å². The van der Waals surface area contributed by atoms with Crippen molar-refractivity contribution in [3.8, 4) is 0 Å². The second-order valence-corrected chi connectivity index (χ2v) is 5.51. The third kappa shape index (κ3) is 4.87. The highest BCUT2D eigenvalue weighted by Gasteiger charge is 2.03. The van der Waals surface area contributed by atoms with Gasteiger partial charge in [-0.25, -0.2) is 0 Å². The van der Waals surface area contributed by atoms with Crippen molar-refractivity contribution in [1.82, 2.24) is 5.32 Å². The zero-order valence-electron chi connectivity index (χ0n) is 9.50. The fraction of sp³-hybridized carbons (Fsp3) is 0.500. The highest BCUT2D eigenvalue weighted by atomic mass is 79.9. The minimum atomic E-state index is 0.270. The Bertz CT molecular complexity index is 320. The summed E-state index contributed by atoms with van der Waals surface area (Å²) < 4.78 is 1.12. The van der Waals surface area contributed by atoms with E-state index >= 15 is 0 Å². The van der Waals surface area contributed by atoms with Gasteiger partial charge in [0.25, 0.3) is 0 Å². The number of halogens is 1. The number of rotatable bonds is 7. The highest BCUT2D eigenvalue weighted by molar-refractivity contribution is 9.10. The first-order chi connectivity index (χ1) is 7.77. The molecule has 90 valence electrons. The predicted octanol–water partition coefficient (Wildman–Crippen LogP) is 3.03. The number of nitrogens with one attached hydrogen (secondary N) is 1. The molecule has 1 rings (SSSR count). The van der Waals surface area contributed by atoms with Crippen LogP contribution in [0.15, 0.2) is 27.6 Å². The van der Waals surface area contributed by atoms with Crippen LogP contribution in [0.1, 0.15) is 18.9 Å². The summed E-state index contributed by atoms with van der Waals surface area (Å²) in [7, 11) is 0. The summed E-state index contributed by atoms with van der Waals surface area (Å²) in [5.74, 6) is 0.970. The van der Waals surface area contributed by atoms with Gasteiger partial charge in [0.1, 0.15) is 0 Å². The maximum absolute atomic E-state index is 8.77. The lowest BCUT2D eigenvalue weighted by atomic mass is 10.2. The van der Waals surface area contributed by atoms with Crippen molar-refractivity contribution in [2.24, 2.45) is 0 Å². The Hall–Kier alpha value is -0.0300. The molecule has 0 atom stereocenters. The summed E-state index contributed by atoms with van der Waals surface area (Å²) in [5, 5.41) is 12.1. The lowest BCUT2D eigenvalue weighted by Gasteiger charge is -2.10. The van der Waals surface area contributed by atoms with Crippen LogP contribution in [0, 0.1) is 0 Å². The third-order valence-electron chi connectivity index (χ3n) is 2.15. The first kappa shape index (κ1) is 14.0. The second-order valence-electron chi connectivity index (χ2n) is 3.46. The molecule has 0 spiro atoms. The van der Waals surface area contributed by atoms with Crippen molar-refractivity contribution in [3.63, 3.8) is 0 Å². The van der Waals surface area contributed by atoms with E-state index in [1.54, 1.807) is 0 Å². The van der Waals surface area contributed by atoms with Crippen molar-refractivity contribution < 1.29 is 5.11 Å². The van der Waals surface area contributed by atoms with Crippen molar-refractivity contribution in [2.45, 2.75) is 24.8 Å². The van der Waals surface area contributed by atoms with E-state index in [0.717, 1.165) is 29.7 Å². The quantitative estimate of drug-likeness (QED) is 0.600. The van der Waals surface area contributed by atoms with Crippen LogP contribution in [0.2, 0.25) is 0 Å². The summed E-state index contributed by atoms with van der Waals surface area (Å²) in [6.07, 6.45) is 0.849. The maximum Gasteiger partial charge on any atom is 0.0439 e. The van der Waals surface area contributed by atoms with Gasteiger partial charge in [-0.05, 0) is 36.7 Å². The van der Waals surface area contributed by atoms with Crippen molar-refractivity contribution in [3.05, 3.63) is 28.2 Å². The van der Waals surface area contributed by atoms with Crippen LogP contribution in [0.25, 0.3) is 0 Å². The number of aliphatic hydroxyl groups is 1. The highest BCUT2D eigenvalue weighted by Crippen LogP contribution is 2.26. The van der Waals surface area contributed by atoms with Crippen LogP contribution in [0.4, 0.5) is 0 Å². The number of aliphatic hydroxyl groups excluding tert-OH is 1. The summed E-state index contributed by atoms with van der Waals surface area (Å²) in [5.41, 5.74) is 1.32. The molecule has 16 heavy (non-hydrogen) atoms. The number of benzene rings is 1. The standard InChI is InChI=1S/C12H18BrNOS/c1-2-14-9-10-8-11(13)4-5-12(10)16-7-3-6-15/h4-5,8,14-15H,2-3,6-7,9H2,1H3. The van der Waals surface area contributed by atoms with E-state index in [1.165, 1.54) is 10.5 Å². The van der Waals surface area contributed by atoms with Gasteiger partial charge in [0.2, 0.25) is 0 Å². The van der Waals surface area contributed by atoms with E-state index in [0.29, 0.717) is 0 Å². The Morgan fingerprint density at radius 3 is 2.94 bits per heavy atom. The van der Waals surface area contributed by atoms with E-state index in [2.05, 4.69) is 46.4 Å². The maximum atomic E-state index is 8.77. The Morgan fingerprint density at radius 2 is 2.25 bits per heavy atom. The lowest BCUT2D eigenvalue weighted by Crippen LogP contribution is -2.12. The van der Waals surface area contributed by atoms with E-state index in [9.17, 15) is 0 Å². The molecule has 2 N–H and O–H groups in total. The van der Waals surface area contributed by atoms with Crippen LogP contribution >= 0.6 is 27.7 Å². The molecule has 0 fully saturated rings. The van der Waals surface area contributed by atoms with Crippen LogP contribution < -0.4 is 5.32 Å². The van der Waals surface area contributed by atoms with Crippen molar-refractivity contribution >= 4 is 27.7 Å². The predicted molar refractivity (Wildman–Crippen MR) is 73.9 cm³/mol. The molecule has 2 nitrogen and oxygen atoms in total. The molecule has 1 aromatic rings. The van der Waals surface area contributed by atoms with Crippen molar-refractivity contribution in [1.29, 1.82) is 0 Å². The molecule has 0 unspecified atom stereocenters. The molecule has 0 aliphatic rings. The fourth-order valence-electron chi connectivity index (χ4n) is 1.33. The zero-order chi connectivity index (χ0) is 11.8. The molecular weight excluding hydrogens is 286 g/mol. The minimum absolute atomic E-state index is 0.270. The monoisotopic (exact) mass is 303 g/mol. The Labute approximate surface area is 110 Å². The molecule has 0 aliphatic heterocycles. The van der Waals surface area contributed by atoms with E-state index in [1.807, 2.05) is 11.8 Å². The largest absolute Gasteiger partial charge is 0.396 e. The minimum Gasteiger partial charge on any atom is -0.396 e. The SMILES string of the molecule is CCNCc1cc(Br)ccc1SCCCO. The van der Waals surface area contributed by atoms with Crippen LogP contribution in [-0.2, 0) is 6.54 Å². The molecule has 0 saturated heterocycles. The molecule has 0 aliphatic carbocycles. The van der Waals surface area contributed by atoms with Gasteiger partial charge < -0.3 is 10.4 Å². The molecule has 0 heterocycles. The molecule has 1 aromatic carbocycles. The van der Waals surface area contributed by atoms with E-state index in [-0.39, 0.29) is 6.61 Å². The smallest absolute Gasteiger partial charge is 0.0439 e. The summed E-state index contributed by atoms with van der Waals surface area (Å²) in [4.78, 5) is 1.30. The van der Waals surface area contributed by atoms with Crippen LogP contribution in [0.5, 0.6) is 0 Å². The fourth-order valence-corrected chi connectivity index (χ4v) is 2.72. The van der Waals surface area contributed by atoms with Gasteiger partial charge in [-0.15, -0.1) is 11.8 Å². The summed E-state index contributed by atoms with van der Waals surface area (Å²) in [6, 6.07) is 6.36. The Morgan fingerprint density at radius 1 is 1.44 bits per heavy atom. The molecule has 0 bridgehead atoms. The van der Waals surface area contributed by atoms with Crippen molar-refractivity contribution in [2.75, 3.05) is 18.9 Å². The van der Waals surface area contributed by atoms with E-state index < -0.39 is 0 Å². The van der Waals surface area contributed by atoms with Gasteiger partial charge in [-0.3, -0.25) is 0 Å². The van der Waals surface area contributed by atoms with Gasteiger partial charge >= 0.3 is 0 Å². The number of hydrogen-bond donors (Lipinski definition) is 2. The lowest BCUT2D eigenvalue weighted by molar-refractivity contribution is 0.296. The third-order valence-corrected chi connectivity index (χ3v) is 3.84. The second kappa shape index (κ2) is 8.12. The Balaban J connectivity index is 2.64. The van der Waals surface area contributed by atoms with Gasteiger partial charge in [0.05, 0.1) is 0 Å². The van der Waals surface area contributed by atoms with E-state index in [4.69, 9.17) is 5.11 Å². The average molecular weight is 304 g/mol. The Kier molecular flexibility index (Phi) is 7.12. The molecule has 0 amide bonds. The number of hydrogen-bond acceptors (Lipinski definition) is 3. The first-order valence-corrected chi connectivity index (χ1v) is 7.28. The molecule has 4 heteroatoms. The molecule has 0 saturated carbocycles. The first-order valence-electron chi connectivity index (χ1n) is 5.50. The average Bonchev–Trinajstić information content (AvgIpc) is 2.29. The van der Waals surface area contributed by atoms with Gasteiger partial charge in [-0.1, -0.05) is 22.9 Å². The van der Waals surface area contributed by atoms with Gasteiger partial charge in [-0.2, -0.15) is 0 Å². The zero-order valence-corrected chi connectivity index (χ0v) is 11.9. The normalized spacial score (nSPS) is 10.7. The molecule has 0 aromatic heterocycles. The molecular formula is C12H18BrNOS. The summed E-state index contributed by atoms with van der Waals surface area (Å²) >= 11 is 5.30. The van der Waals surface area contributed by atoms with Gasteiger partial charge in [0, 0.05) is 28.3 Å². The van der Waals surface area contributed by atoms with Gasteiger partial charge in [0.15, 0.2) is 0 Å². The summed E-state index contributed by atoms with van der Waals surface area (Å²) in [6.45, 7) is 4.26.